The zero-order valence-corrected chi connectivity index (χ0v) is 24.9. The zero-order chi connectivity index (χ0) is 30.7. The van der Waals surface area contributed by atoms with E-state index < -0.39 is 12.0 Å². The first-order valence-electron chi connectivity index (χ1n) is 15.1. The molecule has 1 atom stereocenters. The number of nitrogens with zero attached hydrogens (tertiary/aromatic N) is 3. The first-order valence-corrected chi connectivity index (χ1v) is 15.1. The number of hydrogen-bond acceptors (Lipinski definition) is 7. The van der Waals surface area contributed by atoms with Crippen LogP contribution < -0.4 is 9.47 Å². The summed E-state index contributed by atoms with van der Waals surface area (Å²) >= 11 is 0. The largest absolute Gasteiger partial charge is 0.490 e. The Kier molecular flexibility index (Phi) is 14.7. The molecule has 230 valence electrons. The van der Waals surface area contributed by atoms with Gasteiger partial charge in [0.25, 0.3) is 0 Å². The van der Waals surface area contributed by atoms with Crippen molar-refractivity contribution < 1.29 is 28.5 Å². The van der Waals surface area contributed by atoms with E-state index in [-0.39, 0.29) is 18.2 Å². The first kappa shape index (κ1) is 33.3. The Morgan fingerprint density at radius 1 is 0.837 bits per heavy atom. The number of carbonyl (C=O) groups excluding carboxylic acids is 2. The molecule has 0 heterocycles. The summed E-state index contributed by atoms with van der Waals surface area (Å²) in [6, 6.07) is 13.5. The summed E-state index contributed by atoms with van der Waals surface area (Å²) in [5, 5.41) is 3.61. The molecule has 0 aromatic heterocycles. The smallest absolute Gasteiger partial charge is 0.319 e. The molecule has 0 aliphatic heterocycles. The third-order valence-corrected chi connectivity index (χ3v) is 7.23. The molecule has 2 saturated carbocycles. The number of hydrogen-bond donors (Lipinski definition) is 0. The normalized spacial score (nSPS) is 15.8. The summed E-state index contributed by atoms with van der Waals surface area (Å²) in [5.41, 5.74) is 10.3. The number of ether oxygens (including phenoxy) is 4. The molecule has 0 radical (unpaired) electrons. The van der Waals surface area contributed by atoms with Gasteiger partial charge in [0.05, 0.1) is 6.42 Å². The highest BCUT2D eigenvalue weighted by Crippen LogP contribution is 2.27. The van der Waals surface area contributed by atoms with Gasteiger partial charge in [-0.3, -0.25) is 9.59 Å². The fraction of sp³-hybridized carbons (Fsp3) is 0.471. The molecular formula is C34H43N3O6. The summed E-state index contributed by atoms with van der Waals surface area (Å²) < 4.78 is 21.9. The van der Waals surface area contributed by atoms with Crippen LogP contribution in [-0.4, -0.2) is 37.4 Å². The Morgan fingerprint density at radius 2 is 1.40 bits per heavy atom. The van der Waals surface area contributed by atoms with Crippen LogP contribution in [0, 0.1) is 0 Å². The highest BCUT2D eigenvalue weighted by Gasteiger charge is 2.26. The van der Waals surface area contributed by atoms with Crippen LogP contribution in [0.1, 0.15) is 81.4 Å². The van der Waals surface area contributed by atoms with Gasteiger partial charge in [0.1, 0.15) is 36.9 Å². The Bertz CT molecular complexity index is 1230. The Balaban J connectivity index is 0.000000238. The molecule has 0 amide bonds. The van der Waals surface area contributed by atoms with Crippen LogP contribution in [0.3, 0.4) is 0 Å². The molecule has 0 spiro atoms. The van der Waals surface area contributed by atoms with Crippen molar-refractivity contribution in [1.82, 2.24) is 0 Å². The molecule has 1 unspecified atom stereocenters. The fourth-order valence-electron chi connectivity index (χ4n) is 5.12. The Morgan fingerprint density at radius 3 is 1.98 bits per heavy atom. The van der Waals surface area contributed by atoms with Gasteiger partial charge >= 0.3 is 11.9 Å². The molecule has 0 bridgehead atoms. The minimum Gasteiger partial charge on any atom is -0.490 e. The number of benzene rings is 2. The molecule has 9 heteroatoms. The Hall–Kier alpha value is -4.23. The van der Waals surface area contributed by atoms with Crippen LogP contribution in [0.25, 0.3) is 10.4 Å². The second kappa shape index (κ2) is 19.1. The van der Waals surface area contributed by atoms with E-state index in [2.05, 4.69) is 23.2 Å². The second-order valence-electron chi connectivity index (χ2n) is 10.7. The predicted molar refractivity (Wildman–Crippen MR) is 166 cm³/mol. The van der Waals surface area contributed by atoms with Crippen molar-refractivity contribution in [3.63, 3.8) is 0 Å². The van der Waals surface area contributed by atoms with Gasteiger partial charge in [0.2, 0.25) is 0 Å². The van der Waals surface area contributed by atoms with Crippen LogP contribution in [-0.2, 0) is 25.5 Å². The van der Waals surface area contributed by atoms with Gasteiger partial charge in [0, 0.05) is 4.91 Å². The molecule has 9 nitrogen and oxygen atoms in total. The lowest BCUT2D eigenvalue weighted by Gasteiger charge is -2.23. The van der Waals surface area contributed by atoms with Gasteiger partial charge in [-0.15, -0.1) is 0 Å². The Labute approximate surface area is 254 Å². The van der Waals surface area contributed by atoms with Crippen molar-refractivity contribution in [1.29, 1.82) is 0 Å². The van der Waals surface area contributed by atoms with Crippen molar-refractivity contribution in [3.05, 3.63) is 95.4 Å². The zero-order valence-electron chi connectivity index (χ0n) is 24.9. The standard InChI is InChI=1S/C17H21N3O3.C17H22O3/c1-2-11-22-15-10-6-7-13(12-15)16(19-20-18)17(21)23-14-8-4-3-5-9-14;1-2-11-19-16-10-6-7-14(12-16)13-17(18)20-15-8-4-3-5-9-15/h2,6-7,10,12,14,16H,1,3-5,8-9,11H2;2,6-7,10,12,15H,1,3-5,8-9,11,13H2. The molecule has 4 rings (SSSR count). The SMILES string of the molecule is C=CCOc1cccc(C(N=[N+]=[N-])C(=O)OC2CCCCC2)c1.C=CCOc1cccc(CC(=O)OC2CCCCC2)c1. The molecule has 0 saturated heterocycles. The maximum absolute atomic E-state index is 12.4. The third-order valence-electron chi connectivity index (χ3n) is 7.23. The maximum atomic E-state index is 12.4. The third kappa shape index (κ3) is 12.3. The summed E-state index contributed by atoms with van der Waals surface area (Å²) in [4.78, 5) is 27.1. The van der Waals surface area contributed by atoms with Crippen molar-refractivity contribution in [2.45, 2.75) is 88.9 Å². The van der Waals surface area contributed by atoms with Crippen LogP contribution in [0.5, 0.6) is 11.5 Å². The maximum Gasteiger partial charge on any atom is 0.319 e. The topological polar surface area (TPSA) is 120 Å². The molecule has 43 heavy (non-hydrogen) atoms. The van der Waals surface area contributed by atoms with Gasteiger partial charge < -0.3 is 18.9 Å². The highest BCUT2D eigenvalue weighted by atomic mass is 16.5. The highest BCUT2D eigenvalue weighted by molar-refractivity contribution is 5.78. The van der Waals surface area contributed by atoms with E-state index in [1.165, 1.54) is 25.7 Å². The first-order chi connectivity index (χ1) is 21.0. The summed E-state index contributed by atoms with van der Waals surface area (Å²) in [5.74, 6) is 0.701. The van der Waals surface area contributed by atoms with E-state index in [9.17, 15) is 9.59 Å². The van der Waals surface area contributed by atoms with Crippen LogP contribution in [0.2, 0.25) is 0 Å². The number of azide groups is 1. The molecule has 2 fully saturated rings. The average Bonchev–Trinajstić information content (AvgIpc) is 3.03. The molecular weight excluding hydrogens is 546 g/mol. The van der Waals surface area contributed by atoms with E-state index in [1.807, 2.05) is 24.3 Å². The minimum atomic E-state index is -0.991. The van der Waals surface area contributed by atoms with E-state index in [4.69, 9.17) is 24.5 Å². The van der Waals surface area contributed by atoms with Gasteiger partial charge in [-0.2, -0.15) is 0 Å². The predicted octanol–water partition coefficient (Wildman–Crippen LogP) is 8.15. The van der Waals surface area contributed by atoms with Gasteiger partial charge in [-0.25, -0.2) is 0 Å². The van der Waals surface area contributed by atoms with E-state index >= 15 is 0 Å². The summed E-state index contributed by atoms with van der Waals surface area (Å²) in [7, 11) is 0. The average molecular weight is 590 g/mol. The molecule has 2 aromatic carbocycles. The van der Waals surface area contributed by atoms with E-state index in [1.54, 1.807) is 36.4 Å². The van der Waals surface area contributed by atoms with Crippen molar-refractivity contribution >= 4 is 11.9 Å². The molecule has 2 aliphatic rings. The lowest BCUT2D eigenvalue weighted by atomic mass is 9.97. The number of rotatable bonds is 13. The van der Waals surface area contributed by atoms with Crippen molar-refractivity contribution in [2.75, 3.05) is 13.2 Å². The van der Waals surface area contributed by atoms with Crippen molar-refractivity contribution in [2.24, 2.45) is 5.11 Å². The number of carbonyl (C=O) groups is 2. The molecule has 0 N–H and O–H groups in total. The summed E-state index contributed by atoms with van der Waals surface area (Å²) in [6.45, 7) is 8.03. The summed E-state index contributed by atoms with van der Waals surface area (Å²) in [6.07, 6.45) is 14.4. The van der Waals surface area contributed by atoms with Crippen molar-refractivity contribution in [3.8, 4) is 11.5 Å². The fourth-order valence-corrected chi connectivity index (χ4v) is 5.12. The van der Waals surface area contributed by atoms with Crippen LogP contribution in [0.4, 0.5) is 0 Å². The minimum absolute atomic E-state index is 0.0761. The van der Waals surface area contributed by atoms with E-state index in [0.29, 0.717) is 30.9 Å². The van der Waals surface area contributed by atoms with Crippen LogP contribution in [0.15, 0.2) is 79.0 Å². The molecule has 2 aliphatic carbocycles. The lowest BCUT2D eigenvalue weighted by molar-refractivity contribution is -0.152. The van der Waals surface area contributed by atoms with E-state index in [0.717, 1.165) is 49.8 Å². The molecule has 2 aromatic rings. The van der Waals surface area contributed by atoms with Gasteiger partial charge in [-0.1, -0.05) is 67.5 Å². The van der Waals surface area contributed by atoms with Gasteiger partial charge in [0.15, 0.2) is 6.04 Å². The monoisotopic (exact) mass is 589 g/mol. The quantitative estimate of drug-likeness (QED) is 0.0764. The number of esters is 2. The van der Waals surface area contributed by atoms with Gasteiger partial charge in [-0.05, 0) is 92.3 Å². The second-order valence-corrected chi connectivity index (χ2v) is 10.7. The lowest BCUT2D eigenvalue weighted by Crippen LogP contribution is -2.24. The van der Waals surface area contributed by atoms with Crippen LogP contribution >= 0.6 is 0 Å².